The van der Waals surface area contributed by atoms with Crippen molar-refractivity contribution in [2.75, 3.05) is 0 Å². The lowest BCUT2D eigenvalue weighted by atomic mass is 10.1. The lowest BCUT2D eigenvalue weighted by Gasteiger charge is -2.07. The SMILES string of the molecule is CCCCCCCC/C=C/CC(O)c1ccccc1. The van der Waals surface area contributed by atoms with E-state index in [4.69, 9.17) is 0 Å². The van der Waals surface area contributed by atoms with E-state index in [1.165, 1.54) is 38.5 Å². The second-order valence-corrected chi connectivity index (χ2v) is 5.19. The molecular formula is C18H28O. The van der Waals surface area contributed by atoms with Crippen LogP contribution in [0.2, 0.25) is 0 Å². The predicted octanol–water partition coefficient (Wildman–Crippen LogP) is 5.42. The molecule has 1 aromatic rings. The number of aliphatic hydroxyl groups is 1. The molecule has 0 aliphatic rings. The molecule has 1 aromatic carbocycles. The van der Waals surface area contributed by atoms with E-state index in [0.29, 0.717) is 0 Å². The van der Waals surface area contributed by atoms with E-state index < -0.39 is 0 Å². The number of allylic oxidation sites excluding steroid dienone is 1. The summed E-state index contributed by atoms with van der Waals surface area (Å²) >= 11 is 0. The summed E-state index contributed by atoms with van der Waals surface area (Å²) in [6.07, 6.45) is 13.9. The molecule has 1 heteroatoms. The average Bonchev–Trinajstić information content (AvgIpc) is 2.46. The van der Waals surface area contributed by atoms with Gasteiger partial charge in [-0.05, 0) is 24.8 Å². The van der Waals surface area contributed by atoms with Crippen molar-refractivity contribution in [2.45, 2.75) is 64.4 Å². The van der Waals surface area contributed by atoms with Crippen molar-refractivity contribution in [1.29, 1.82) is 0 Å². The maximum absolute atomic E-state index is 9.97. The summed E-state index contributed by atoms with van der Waals surface area (Å²) in [6, 6.07) is 9.88. The van der Waals surface area contributed by atoms with Crippen LogP contribution in [0.15, 0.2) is 42.5 Å². The molecule has 0 aliphatic heterocycles. The summed E-state index contributed by atoms with van der Waals surface area (Å²) in [6.45, 7) is 2.25. The van der Waals surface area contributed by atoms with Gasteiger partial charge in [-0.15, -0.1) is 0 Å². The number of rotatable bonds is 10. The zero-order valence-corrected chi connectivity index (χ0v) is 12.2. The van der Waals surface area contributed by atoms with Crippen molar-refractivity contribution < 1.29 is 5.11 Å². The Kier molecular flexibility index (Phi) is 9.09. The molecule has 106 valence electrons. The number of hydrogen-bond acceptors (Lipinski definition) is 1. The zero-order chi connectivity index (χ0) is 13.8. The molecule has 19 heavy (non-hydrogen) atoms. The standard InChI is InChI=1S/C18H28O/c1-2-3-4-5-6-7-8-9-13-16-18(19)17-14-11-10-12-15-17/h9-15,18-19H,2-8,16H2,1H3/b13-9+. The largest absolute Gasteiger partial charge is 0.388 e. The van der Waals surface area contributed by atoms with Crippen LogP contribution in [0.3, 0.4) is 0 Å². The second kappa shape index (κ2) is 10.8. The quantitative estimate of drug-likeness (QED) is 0.440. The summed E-state index contributed by atoms with van der Waals surface area (Å²) in [4.78, 5) is 0. The third-order valence-electron chi connectivity index (χ3n) is 3.43. The van der Waals surface area contributed by atoms with Gasteiger partial charge in [0.2, 0.25) is 0 Å². The van der Waals surface area contributed by atoms with Crippen molar-refractivity contribution >= 4 is 0 Å². The molecular weight excluding hydrogens is 232 g/mol. The van der Waals surface area contributed by atoms with E-state index in [0.717, 1.165) is 18.4 Å². The molecule has 0 aromatic heterocycles. The summed E-state index contributed by atoms with van der Waals surface area (Å²) < 4.78 is 0. The smallest absolute Gasteiger partial charge is 0.0824 e. The highest BCUT2D eigenvalue weighted by molar-refractivity contribution is 5.17. The molecule has 0 bridgehead atoms. The van der Waals surface area contributed by atoms with Crippen molar-refractivity contribution in [3.05, 3.63) is 48.0 Å². The van der Waals surface area contributed by atoms with Gasteiger partial charge in [-0.2, -0.15) is 0 Å². The first-order valence-corrected chi connectivity index (χ1v) is 7.72. The first-order chi connectivity index (χ1) is 9.34. The van der Waals surface area contributed by atoms with Gasteiger partial charge in [-0.25, -0.2) is 0 Å². The molecule has 1 unspecified atom stereocenters. The molecule has 0 fully saturated rings. The van der Waals surface area contributed by atoms with E-state index in [2.05, 4.69) is 19.1 Å². The Hall–Kier alpha value is -1.08. The molecule has 0 aliphatic carbocycles. The van der Waals surface area contributed by atoms with Crippen LogP contribution in [0.1, 0.15) is 70.0 Å². The predicted molar refractivity (Wildman–Crippen MR) is 83.2 cm³/mol. The average molecular weight is 260 g/mol. The normalized spacial score (nSPS) is 12.9. The number of unbranched alkanes of at least 4 members (excludes halogenated alkanes) is 6. The monoisotopic (exact) mass is 260 g/mol. The van der Waals surface area contributed by atoms with Crippen molar-refractivity contribution in [3.63, 3.8) is 0 Å². The minimum absolute atomic E-state index is 0.359. The summed E-state index contributed by atoms with van der Waals surface area (Å²) in [7, 11) is 0. The summed E-state index contributed by atoms with van der Waals surface area (Å²) in [5, 5.41) is 9.97. The third-order valence-corrected chi connectivity index (χ3v) is 3.43. The van der Waals surface area contributed by atoms with Gasteiger partial charge in [0.05, 0.1) is 6.10 Å². The Balaban J connectivity index is 2.04. The Morgan fingerprint density at radius 2 is 1.63 bits per heavy atom. The fourth-order valence-electron chi connectivity index (χ4n) is 2.20. The molecule has 0 radical (unpaired) electrons. The number of aliphatic hydroxyl groups excluding tert-OH is 1. The first kappa shape index (κ1) is 16.0. The molecule has 1 N–H and O–H groups in total. The fraction of sp³-hybridized carbons (Fsp3) is 0.556. The maximum Gasteiger partial charge on any atom is 0.0824 e. The molecule has 0 saturated heterocycles. The molecule has 0 saturated carbocycles. The molecule has 1 atom stereocenters. The van der Waals surface area contributed by atoms with Gasteiger partial charge in [0.25, 0.3) is 0 Å². The van der Waals surface area contributed by atoms with Crippen LogP contribution >= 0.6 is 0 Å². The van der Waals surface area contributed by atoms with Gasteiger partial charge in [0, 0.05) is 0 Å². The highest BCUT2D eigenvalue weighted by atomic mass is 16.3. The van der Waals surface area contributed by atoms with Crippen LogP contribution < -0.4 is 0 Å². The van der Waals surface area contributed by atoms with Crippen LogP contribution in [0.4, 0.5) is 0 Å². The Bertz CT molecular complexity index is 329. The molecule has 1 nitrogen and oxygen atoms in total. The Labute approximate surface area is 118 Å². The number of hydrogen-bond donors (Lipinski definition) is 1. The number of benzene rings is 1. The lowest BCUT2D eigenvalue weighted by Crippen LogP contribution is -1.94. The van der Waals surface area contributed by atoms with Crippen molar-refractivity contribution in [3.8, 4) is 0 Å². The van der Waals surface area contributed by atoms with E-state index in [1.807, 2.05) is 30.3 Å². The van der Waals surface area contributed by atoms with Crippen LogP contribution in [-0.4, -0.2) is 5.11 Å². The molecule has 0 amide bonds. The van der Waals surface area contributed by atoms with Crippen LogP contribution in [0.5, 0.6) is 0 Å². The topological polar surface area (TPSA) is 20.2 Å². The lowest BCUT2D eigenvalue weighted by molar-refractivity contribution is 0.181. The van der Waals surface area contributed by atoms with Crippen molar-refractivity contribution in [1.82, 2.24) is 0 Å². The van der Waals surface area contributed by atoms with E-state index >= 15 is 0 Å². The van der Waals surface area contributed by atoms with E-state index in [1.54, 1.807) is 0 Å². The highest BCUT2D eigenvalue weighted by Crippen LogP contribution is 2.16. The van der Waals surface area contributed by atoms with Crippen LogP contribution in [0, 0.1) is 0 Å². The van der Waals surface area contributed by atoms with Crippen LogP contribution in [-0.2, 0) is 0 Å². The van der Waals surface area contributed by atoms with Gasteiger partial charge in [0.1, 0.15) is 0 Å². The Morgan fingerprint density at radius 3 is 2.37 bits per heavy atom. The van der Waals surface area contributed by atoms with Gasteiger partial charge >= 0.3 is 0 Å². The van der Waals surface area contributed by atoms with Crippen LogP contribution in [0.25, 0.3) is 0 Å². The Morgan fingerprint density at radius 1 is 0.947 bits per heavy atom. The minimum Gasteiger partial charge on any atom is -0.388 e. The third kappa shape index (κ3) is 7.84. The zero-order valence-electron chi connectivity index (χ0n) is 12.2. The maximum atomic E-state index is 9.97. The first-order valence-electron chi connectivity index (χ1n) is 7.72. The second-order valence-electron chi connectivity index (χ2n) is 5.19. The molecule has 0 spiro atoms. The highest BCUT2D eigenvalue weighted by Gasteiger charge is 2.03. The van der Waals surface area contributed by atoms with Gasteiger partial charge in [0.15, 0.2) is 0 Å². The van der Waals surface area contributed by atoms with Gasteiger partial charge < -0.3 is 5.11 Å². The summed E-state index contributed by atoms with van der Waals surface area (Å²) in [5.74, 6) is 0. The van der Waals surface area contributed by atoms with E-state index in [9.17, 15) is 5.11 Å². The van der Waals surface area contributed by atoms with E-state index in [-0.39, 0.29) is 6.10 Å². The van der Waals surface area contributed by atoms with Gasteiger partial charge in [-0.3, -0.25) is 0 Å². The molecule has 1 rings (SSSR count). The van der Waals surface area contributed by atoms with Gasteiger partial charge in [-0.1, -0.05) is 81.5 Å². The fourth-order valence-corrected chi connectivity index (χ4v) is 2.20. The minimum atomic E-state index is -0.359. The van der Waals surface area contributed by atoms with Crippen molar-refractivity contribution in [2.24, 2.45) is 0 Å². The molecule has 0 heterocycles. The summed E-state index contributed by atoms with van der Waals surface area (Å²) in [5.41, 5.74) is 1.01.